The Labute approximate surface area is 199 Å². The average Bonchev–Trinajstić information content (AvgIpc) is 2.84. The van der Waals surface area contributed by atoms with Crippen molar-refractivity contribution in [2.45, 2.75) is 53.4 Å². The Morgan fingerprint density at radius 3 is 2.42 bits per heavy atom. The standard InChI is InChI=1S/C30H28O.C2H6/c1-4-22-9-7-10-23(18-22)19-24-12-13-26-14-16-28(29(31)17-15-27(26)20-24)30-21(3)8-6-11-25(30)5-2;1-2/h5-14,18,20H,2,4,15,17,19H2,1,3H3;1-2H3. The molecule has 4 rings (SSSR count). The molecule has 0 radical (unpaired) electrons. The van der Waals surface area contributed by atoms with Gasteiger partial charge in [0.25, 0.3) is 0 Å². The molecule has 1 heteroatoms. The lowest BCUT2D eigenvalue weighted by molar-refractivity contribution is -0.113. The number of fused-ring (bicyclic) bond motifs is 1. The molecule has 0 aliphatic heterocycles. The number of aryl methyl sites for hydroxylation is 3. The van der Waals surface area contributed by atoms with Crippen molar-refractivity contribution in [1.82, 2.24) is 0 Å². The van der Waals surface area contributed by atoms with Gasteiger partial charge in [-0.2, -0.15) is 0 Å². The van der Waals surface area contributed by atoms with E-state index in [2.05, 4.69) is 61.7 Å². The highest BCUT2D eigenvalue weighted by Crippen LogP contribution is 2.28. The van der Waals surface area contributed by atoms with Crippen LogP contribution in [0.25, 0.3) is 17.7 Å². The minimum Gasteiger partial charge on any atom is -0.293 e. The fourth-order valence-corrected chi connectivity index (χ4v) is 4.34. The van der Waals surface area contributed by atoms with Gasteiger partial charge in [-0.15, -0.1) is 5.73 Å². The Bertz CT molecular complexity index is 1220. The van der Waals surface area contributed by atoms with Gasteiger partial charge >= 0.3 is 0 Å². The van der Waals surface area contributed by atoms with Crippen LogP contribution in [0.4, 0.5) is 0 Å². The number of hydrogen-bond donors (Lipinski definition) is 0. The first-order valence-electron chi connectivity index (χ1n) is 12.0. The normalized spacial score (nSPS) is 12.6. The van der Waals surface area contributed by atoms with Crippen LogP contribution in [0.1, 0.15) is 71.7 Å². The maximum atomic E-state index is 13.1. The number of Topliss-reactive ketones (excluding diaryl/α,β-unsaturated/α-hetero) is 1. The van der Waals surface area contributed by atoms with Crippen LogP contribution < -0.4 is 0 Å². The minimum atomic E-state index is 0.139. The largest absolute Gasteiger partial charge is 0.293 e. The number of allylic oxidation sites excluding steroid dienone is 1. The fourth-order valence-electron chi connectivity index (χ4n) is 4.34. The summed E-state index contributed by atoms with van der Waals surface area (Å²) in [5.41, 5.74) is 13.4. The highest BCUT2D eigenvalue weighted by molar-refractivity contribution is 6.22. The molecule has 0 heterocycles. The maximum absolute atomic E-state index is 13.1. The van der Waals surface area contributed by atoms with Gasteiger partial charge in [0, 0.05) is 12.0 Å². The lowest BCUT2D eigenvalue weighted by atomic mass is 9.88. The zero-order valence-electron chi connectivity index (χ0n) is 20.4. The van der Waals surface area contributed by atoms with Crippen molar-refractivity contribution in [3.8, 4) is 0 Å². The van der Waals surface area contributed by atoms with Gasteiger partial charge in [-0.1, -0.05) is 94.1 Å². The minimum absolute atomic E-state index is 0.139. The molecule has 0 amide bonds. The molecule has 0 unspecified atom stereocenters. The summed E-state index contributed by atoms with van der Waals surface area (Å²) in [4.78, 5) is 13.1. The molecule has 1 aliphatic rings. The van der Waals surface area contributed by atoms with E-state index in [-0.39, 0.29) is 5.78 Å². The van der Waals surface area contributed by atoms with Gasteiger partial charge in [0.1, 0.15) is 0 Å². The number of benzene rings is 3. The highest BCUT2D eigenvalue weighted by Gasteiger charge is 2.18. The second-order valence-corrected chi connectivity index (χ2v) is 8.21. The predicted molar refractivity (Wildman–Crippen MR) is 142 cm³/mol. The Morgan fingerprint density at radius 2 is 1.67 bits per heavy atom. The van der Waals surface area contributed by atoms with E-state index in [1.807, 2.05) is 51.1 Å². The number of rotatable bonds is 5. The molecule has 3 aromatic carbocycles. The molecular weight excluding hydrogens is 400 g/mol. The van der Waals surface area contributed by atoms with E-state index < -0.39 is 0 Å². The van der Waals surface area contributed by atoms with Gasteiger partial charge in [-0.3, -0.25) is 4.79 Å². The van der Waals surface area contributed by atoms with E-state index in [1.165, 1.54) is 22.3 Å². The molecule has 1 aliphatic carbocycles. The molecule has 168 valence electrons. The van der Waals surface area contributed by atoms with Crippen LogP contribution in [-0.2, 0) is 24.1 Å². The van der Waals surface area contributed by atoms with E-state index in [0.717, 1.165) is 41.5 Å². The average molecular weight is 435 g/mol. The van der Waals surface area contributed by atoms with Crippen LogP contribution >= 0.6 is 0 Å². The van der Waals surface area contributed by atoms with Crippen LogP contribution in [0, 0.1) is 6.92 Å². The van der Waals surface area contributed by atoms with Crippen molar-refractivity contribution in [3.05, 3.63) is 117 Å². The Morgan fingerprint density at radius 1 is 0.939 bits per heavy atom. The third-order valence-electron chi connectivity index (χ3n) is 6.06. The zero-order chi connectivity index (χ0) is 23.8. The van der Waals surface area contributed by atoms with E-state index in [9.17, 15) is 4.79 Å². The number of carbonyl (C=O) groups is 1. The van der Waals surface area contributed by atoms with Gasteiger partial charge in [0.2, 0.25) is 0 Å². The summed E-state index contributed by atoms with van der Waals surface area (Å²) in [5, 5.41) is 0. The predicted octanol–water partition coefficient (Wildman–Crippen LogP) is 8.03. The molecule has 0 fully saturated rings. The number of ketones is 1. The topological polar surface area (TPSA) is 17.1 Å². The first-order valence-corrected chi connectivity index (χ1v) is 12.0. The second-order valence-electron chi connectivity index (χ2n) is 8.21. The van der Waals surface area contributed by atoms with Crippen molar-refractivity contribution in [2.75, 3.05) is 0 Å². The molecule has 0 N–H and O–H groups in total. The van der Waals surface area contributed by atoms with Crippen LogP contribution in [0.15, 0.2) is 73.0 Å². The van der Waals surface area contributed by atoms with Crippen LogP contribution in [0.2, 0.25) is 0 Å². The van der Waals surface area contributed by atoms with Gasteiger partial charge < -0.3 is 0 Å². The Balaban J connectivity index is 0.00000149. The monoisotopic (exact) mass is 434 g/mol. The molecule has 0 saturated heterocycles. The van der Waals surface area contributed by atoms with Crippen LogP contribution in [0.3, 0.4) is 0 Å². The van der Waals surface area contributed by atoms with Crippen LogP contribution in [-0.4, -0.2) is 5.78 Å². The van der Waals surface area contributed by atoms with Crippen molar-refractivity contribution >= 4 is 23.5 Å². The summed E-state index contributed by atoms with van der Waals surface area (Å²) in [6, 6.07) is 21.5. The molecule has 0 aromatic heterocycles. The highest BCUT2D eigenvalue weighted by atomic mass is 16.1. The summed E-state index contributed by atoms with van der Waals surface area (Å²) in [6.45, 7) is 12.1. The summed E-state index contributed by atoms with van der Waals surface area (Å²) in [5.74, 6) is 0.139. The summed E-state index contributed by atoms with van der Waals surface area (Å²) < 4.78 is 0. The molecule has 0 bridgehead atoms. The molecule has 0 saturated carbocycles. The lowest BCUT2D eigenvalue weighted by Gasteiger charge is -2.15. The number of hydrogen-bond acceptors (Lipinski definition) is 1. The molecule has 3 aromatic rings. The smallest absolute Gasteiger partial charge is 0.171 e. The molecule has 0 spiro atoms. The van der Waals surface area contributed by atoms with E-state index in [4.69, 9.17) is 0 Å². The summed E-state index contributed by atoms with van der Waals surface area (Å²) in [7, 11) is 0. The third kappa shape index (κ3) is 5.69. The molecule has 33 heavy (non-hydrogen) atoms. The number of carbonyl (C=O) groups excluding carboxylic acids is 1. The fraction of sp³-hybridized carbons (Fsp3) is 0.250. The lowest BCUT2D eigenvalue weighted by Crippen LogP contribution is -2.08. The van der Waals surface area contributed by atoms with Gasteiger partial charge in [0.05, 0.1) is 5.57 Å². The van der Waals surface area contributed by atoms with Crippen molar-refractivity contribution in [2.24, 2.45) is 0 Å². The Hall–Kier alpha value is -3.41. The second kappa shape index (κ2) is 11.5. The summed E-state index contributed by atoms with van der Waals surface area (Å²) >= 11 is 0. The third-order valence-corrected chi connectivity index (χ3v) is 6.06. The quantitative estimate of drug-likeness (QED) is 0.371. The van der Waals surface area contributed by atoms with E-state index in [0.29, 0.717) is 12.0 Å². The van der Waals surface area contributed by atoms with Crippen molar-refractivity contribution in [3.63, 3.8) is 0 Å². The van der Waals surface area contributed by atoms with Crippen LogP contribution in [0.5, 0.6) is 0 Å². The molecule has 0 atom stereocenters. The molecular formula is C32H34O. The van der Waals surface area contributed by atoms with Gasteiger partial charge in [-0.05, 0) is 71.2 Å². The zero-order valence-corrected chi connectivity index (χ0v) is 20.4. The first kappa shape index (κ1) is 24.2. The van der Waals surface area contributed by atoms with E-state index in [1.54, 1.807) is 0 Å². The van der Waals surface area contributed by atoms with Gasteiger partial charge in [-0.25, -0.2) is 0 Å². The van der Waals surface area contributed by atoms with Crippen molar-refractivity contribution < 1.29 is 4.79 Å². The Kier molecular flexibility index (Phi) is 8.41. The molecule has 1 nitrogen and oxygen atoms in total. The SMILES string of the molecule is C=Cc1cccc(C)c1C1=C=Cc2ccc(Cc3cccc(CC)c3)cc2CCC1=O.CC. The van der Waals surface area contributed by atoms with E-state index >= 15 is 0 Å². The first-order chi connectivity index (χ1) is 16.1. The van der Waals surface area contributed by atoms with Gasteiger partial charge in [0.15, 0.2) is 5.78 Å². The maximum Gasteiger partial charge on any atom is 0.171 e. The summed E-state index contributed by atoms with van der Waals surface area (Å²) in [6.07, 6.45) is 6.98. The van der Waals surface area contributed by atoms with Crippen molar-refractivity contribution in [1.29, 1.82) is 0 Å².